The maximum atomic E-state index is 11.0. The summed E-state index contributed by atoms with van der Waals surface area (Å²) in [4.78, 5) is 25.2. The van der Waals surface area contributed by atoms with Gasteiger partial charge in [-0.1, -0.05) is 13.2 Å². The smallest absolute Gasteiger partial charge is 0.248 e. The second kappa shape index (κ2) is 11.2. The van der Waals surface area contributed by atoms with E-state index < -0.39 is 0 Å². The van der Waals surface area contributed by atoms with Crippen LogP contribution in [0.5, 0.6) is 0 Å². The molecule has 5 heteroatoms. The molecule has 0 atom stereocenters. The van der Waals surface area contributed by atoms with Gasteiger partial charge in [0.15, 0.2) is 0 Å². The van der Waals surface area contributed by atoms with Crippen LogP contribution in [-0.4, -0.2) is 62.9 Å². The lowest BCUT2D eigenvalue weighted by atomic mass is 10.3. The molecular weight excluding hydrogens is 254 g/mol. The van der Waals surface area contributed by atoms with Crippen LogP contribution >= 0.6 is 0 Å². The van der Waals surface area contributed by atoms with Crippen molar-refractivity contribution in [2.45, 2.75) is 20.3 Å². The summed E-state index contributed by atoms with van der Waals surface area (Å²) in [5.41, 5.74) is 1.15. The molecule has 0 heterocycles. The monoisotopic (exact) mass is 283 g/mol. The minimum absolute atomic E-state index is 0.00926. The average Bonchev–Trinajstić information content (AvgIpc) is 2.33. The molecule has 0 aliphatic rings. The molecule has 0 fully saturated rings. The fourth-order valence-electron chi connectivity index (χ4n) is 1.13. The normalized spacial score (nSPS) is 9.35. The van der Waals surface area contributed by atoms with Crippen molar-refractivity contribution >= 4 is 11.8 Å². The third-order valence-electron chi connectivity index (χ3n) is 2.23. The Morgan fingerprint density at radius 3 is 1.75 bits per heavy atom. The highest BCUT2D eigenvalue weighted by Crippen LogP contribution is 1.90. The first-order valence-corrected chi connectivity index (χ1v) is 6.55. The zero-order chi connectivity index (χ0) is 16.3. The molecule has 0 aliphatic heterocycles. The van der Waals surface area contributed by atoms with E-state index in [4.69, 9.17) is 0 Å². The van der Waals surface area contributed by atoms with Gasteiger partial charge in [-0.25, -0.2) is 0 Å². The number of amides is 2. The molecule has 116 valence electrons. The molecule has 0 radical (unpaired) electrons. The predicted molar refractivity (Wildman–Crippen MR) is 84.5 cm³/mol. The Morgan fingerprint density at radius 2 is 1.50 bits per heavy atom. The quantitative estimate of drug-likeness (QED) is 0.590. The first-order chi connectivity index (χ1) is 9.09. The highest BCUT2D eigenvalue weighted by atomic mass is 16.2. The molecule has 5 nitrogen and oxygen atoms in total. The number of hydrogen-bond acceptors (Lipinski definition) is 3. The number of hydrogen-bond donors (Lipinski definition) is 1. The molecule has 0 aromatic heterocycles. The number of likely N-dealkylation sites (N-methyl/N-ethyl adjacent to an activating group) is 1. The maximum absolute atomic E-state index is 11.0. The Labute approximate surface area is 123 Å². The lowest BCUT2D eigenvalue weighted by Gasteiger charge is -2.09. The van der Waals surface area contributed by atoms with Gasteiger partial charge in [0.25, 0.3) is 0 Å². The molecule has 0 aliphatic carbocycles. The third kappa shape index (κ3) is 12.8. The molecule has 0 aromatic carbocycles. The Kier molecular flexibility index (Phi) is 11.6. The van der Waals surface area contributed by atoms with Crippen LogP contribution in [-0.2, 0) is 9.59 Å². The van der Waals surface area contributed by atoms with Crippen molar-refractivity contribution in [3.63, 3.8) is 0 Å². The van der Waals surface area contributed by atoms with Gasteiger partial charge in [0.05, 0.1) is 0 Å². The van der Waals surface area contributed by atoms with E-state index >= 15 is 0 Å². The number of rotatable bonds is 6. The van der Waals surface area contributed by atoms with Crippen molar-refractivity contribution in [1.29, 1.82) is 0 Å². The van der Waals surface area contributed by atoms with Crippen LogP contribution in [0.25, 0.3) is 0 Å². The zero-order valence-corrected chi connectivity index (χ0v) is 13.7. The molecule has 1 N–H and O–H groups in total. The summed E-state index contributed by atoms with van der Waals surface area (Å²) >= 11 is 0. The highest BCUT2D eigenvalue weighted by molar-refractivity contribution is 5.92. The van der Waals surface area contributed by atoms with E-state index in [0.717, 1.165) is 19.5 Å². The lowest BCUT2D eigenvalue weighted by Crippen LogP contribution is -2.27. The first-order valence-electron chi connectivity index (χ1n) is 6.55. The van der Waals surface area contributed by atoms with Gasteiger partial charge in [-0.05, 0) is 40.9 Å². The van der Waals surface area contributed by atoms with Crippen LogP contribution in [0.3, 0.4) is 0 Å². The molecule has 0 rings (SSSR count). The summed E-state index contributed by atoms with van der Waals surface area (Å²) in [5.74, 6) is -0.0567. The standard InChI is InChI=1S/C9H18N2O.C6H11NO/c1-8(2)9(12)10-6-5-7-11(3)4;1-5(2)6(8)7(3)4/h1,5-7H2,2-4H3,(H,10,12);1H2,2-4H3. The van der Waals surface area contributed by atoms with Crippen molar-refractivity contribution in [3.8, 4) is 0 Å². The Balaban J connectivity index is 0. The van der Waals surface area contributed by atoms with E-state index in [2.05, 4.69) is 23.4 Å². The van der Waals surface area contributed by atoms with Crippen LogP contribution < -0.4 is 5.32 Å². The van der Waals surface area contributed by atoms with E-state index in [0.29, 0.717) is 11.1 Å². The fourth-order valence-corrected chi connectivity index (χ4v) is 1.13. The molecule has 0 saturated heterocycles. The maximum Gasteiger partial charge on any atom is 0.248 e. The molecule has 0 bridgehead atoms. The van der Waals surface area contributed by atoms with Crippen molar-refractivity contribution in [1.82, 2.24) is 15.1 Å². The second-order valence-corrected chi connectivity index (χ2v) is 5.17. The molecule has 0 spiro atoms. The highest BCUT2D eigenvalue weighted by Gasteiger charge is 2.01. The summed E-state index contributed by atoms with van der Waals surface area (Å²) in [6.45, 7) is 12.2. The Bertz CT molecular complexity index is 347. The fraction of sp³-hybridized carbons (Fsp3) is 0.600. The van der Waals surface area contributed by atoms with Crippen LogP contribution in [0.4, 0.5) is 0 Å². The third-order valence-corrected chi connectivity index (χ3v) is 2.23. The largest absolute Gasteiger partial charge is 0.352 e. The molecule has 20 heavy (non-hydrogen) atoms. The number of nitrogens with zero attached hydrogens (tertiary/aromatic N) is 2. The minimum atomic E-state index is -0.0474. The zero-order valence-electron chi connectivity index (χ0n) is 13.7. The lowest BCUT2D eigenvalue weighted by molar-refractivity contribution is -0.124. The van der Waals surface area contributed by atoms with E-state index in [9.17, 15) is 9.59 Å². The van der Waals surface area contributed by atoms with Gasteiger partial charge >= 0.3 is 0 Å². The summed E-state index contributed by atoms with van der Waals surface area (Å²) in [5, 5.41) is 2.77. The van der Waals surface area contributed by atoms with Gasteiger partial charge in [0, 0.05) is 31.8 Å². The van der Waals surface area contributed by atoms with E-state index in [1.807, 2.05) is 14.1 Å². The number of carbonyl (C=O) groups excluding carboxylic acids is 2. The van der Waals surface area contributed by atoms with Crippen LogP contribution in [0.1, 0.15) is 20.3 Å². The minimum Gasteiger partial charge on any atom is -0.352 e. The summed E-state index contributed by atoms with van der Waals surface area (Å²) in [6, 6.07) is 0. The summed E-state index contributed by atoms with van der Waals surface area (Å²) in [6.07, 6.45) is 0.978. The number of nitrogens with one attached hydrogen (secondary N) is 1. The van der Waals surface area contributed by atoms with Gasteiger partial charge < -0.3 is 15.1 Å². The van der Waals surface area contributed by atoms with E-state index in [1.165, 1.54) is 4.90 Å². The molecule has 0 unspecified atom stereocenters. The van der Waals surface area contributed by atoms with Crippen molar-refractivity contribution in [2.75, 3.05) is 41.3 Å². The molecule has 0 saturated carbocycles. The predicted octanol–water partition coefficient (Wildman–Crippen LogP) is 1.28. The average molecular weight is 283 g/mol. The van der Waals surface area contributed by atoms with E-state index in [-0.39, 0.29) is 11.8 Å². The van der Waals surface area contributed by atoms with Crippen LogP contribution in [0.2, 0.25) is 0 Å². The summed E-state index contributed by atoms with van der Waals surface area (Å²) < 4.78 is 0. The van der Waals surface area contributed by atoms with Crippen LogP contribution in [0.15, 0.2) is 24.3 Å². The van der Waals surface area contributed by atoms with Crippen LogP contribution in [0, 0.1) is 0 Å². The van der Waals surface area contributed by atoms with Crippen molar-refractivity contribution < 1.29 is 9.59 Å². The van der Waals surface area contributed by atoms with Gasteiger partial charge in [-0.15, -0.1) is 0 Å². The Hall–Kier alpha value is -1.62. The Morgan fingerprint density at radius 1 is 1.00 bits per heavy atom. The molecular formula is C15H29N3O2. The van der Waals surface area contributed by atoms with Gasteiger partial charge in [-0.3, -0.25) is 9.59 Å². The molecule has 2 amide bonds. The first kappa shape index (κ1) is 20.7. The van der Waals surface area contributed by atoms with Gasteiger partial charge in [-0.2, -0.15) is 0 Å². The second-order valence-electron chi connectivity index (χ2n) is 5.17. The SMILES string of the molecule is C=C(C)C(=O)N(C)C.C=C(C)C(=O)NCCCN(C)C. The molecule has 0 aromatic rings. The van der Waals surface area contributed by atoms with Crippen molar-refractivity contribution in [2.24, 2.45) is 0 Å². The number of carbonyl (C=O) groups is 2. The van der Waals surface area contributed by atoms with Crippen molar-refractivity contribution in [3.05, 3.63) is 24.3 Å². The van der Waals surface area contributed by atoms with Gasteiger partial charge in [0.2, 0.25) is 11.8 Å². The summed E-state index contributed by atoms with van der Waals surface area (Å²) in [7, 11) is 7.44. The van der Waals surface area contributed by atoms with E-state index in [1.54, 1.807) is 27.9 Å². The topological polar surface area (TPSA) is 52.7 Å². The van der Waals surface area contributed by atoms with Gasteiger partial charge in [0.1, 0.15) is 0 Å².